The van der Waals surface area contributed by atoms with Crippen LogP contribution in [0, 0.1) is 0 Å². The fraction of sp³-hybridized carbons (Fsp3) is 0.391. The summed E-state index contributed by atoms with van der Waals surface area (Å²) in [7, 11) is 2.99. The monoisotopic (exact) mass is 398 g/mol. The highest BCUT2D eigenvalue weighted by molar-refractivity contribution is 5.83. The van der Waals surface area contributed by atoms with Crippen LogP contribution in [0.2, 0.25) is 0 Å². The highest BCUT2D eigenvalue weighted by Crippen LogP contribution is 2.49. The summed E-state index contributed by atoms with van der Waals surface area (Å²) in [6.07, 6.45) is 3.73. The molecule has 0 fully saturated rings. The molecule has 0 heterocycles. The van der Waals surface area contributed by atoms with Crippen molar-refractivity contribution >= 4 is 11.8 Å². The summed E-state index contributed by atoms with van der Waals surface area (Å²) in [5.41, 5.74) is 2.96. The SMILES string of the molecule is COc1c2cc(c(OC(C)=O)c1OC)CCCCC(=O)CCc1ccc(O)c-2c1. The van der Waals surface area contributed by atoms with Gasteiger partial charge < -0.3 is 19.3 Å². The van der Waals surface area contributed by atoms with Crippen LogP contribution < -0.4 is 14.2 Å². The molecule has 2 aromatic carbocycles. The van der Waals surface area contributed by atoms with Gasteiger partial charge in [-0.05, 0) is 55.0 Å². The second kappa shape index (κ2) is 8.99. The minimum absolute atomic E-state index is 0.0986. The fourth-order valence-electron chi connectivity index (χ4n) is 3.71. The van der Waals surface area contributed by atoms with Gasteiger partial charge in [0.1, 0.15) is 11.5 Å². The normalized spacial score (nSPS) is 14.2. The third-order valence-electron chi connectivity index (χ3n) is 5.12. The molecule has 1 N–H and O–H groups in total. The van der Waals surface area contributed by atoms with E-state index in [0.717, 1.165) is 24.0 Å². The lowest BCUT2D eigenvalue weighted by molar-refractivity contribution is -0.132. The zero-order chi connectivity index (χ0) is 21.0. The maximum atomic E-state index is 12.2. The molecule has 2 aromatic rings. The largest absolute Gasteiger partial charge is 0.507 e. The van der Waals surface area contributed by atoms with E-state index in [-0.39, 0.29) is 11.5 Å². The van der Waals surface area contributed by atoms with Gasteiger partial charge in [0.2, 0.25) is 5.75 Å². The van der Waals surface area contributed by atoms with Gasteiger partial charge in [-0.2, -0.15) is 0 Å². The van der Waals surface area contributed by atoms with Crippen molar-refractivity contribution in [3.63, 3.8) is 0 Å². The van der Waals surface area contributed by atoms with Crippen molar-refractivity contribution < 1.29 is 28.9 Å². The van der Waals surface area contributed by atoms with Gasteiger partial charge in [-0.15, -0.1) is 0 Å². The molecule has 0 spiro atoms. The van der Waals surface area contributed by atoms with Crippen LogP contribution in [-0.2, 0) is 22.4 Å². The third-order valence-corrected chi connectivity index (χ3v) is 5.12. The lowest BCUT2D eigenvalue weighted by Crippen LogP contribution is -2.08. The van der Waals surface area contributed by atoms with E-state index >= 15 is 0 Å². The third kappa shape index (κ3) is 4.53. The summed E-state index contributed by atoms with van der Waals surface area (Å²) in [6, 6.07) is 7.19. The van der Waals surface area contributed by atoms with Gasteiger partial charge in [0.25, 0.3) is 0 Å². The summed E-state index contributed by atoms with van der Waals surface area (Å²) in [4.78, 5) is 23.9. The Hall–Kier alpha value is -3.02. The van der Waals surface area contributed by atoms with E-state index in [9.17, 15) is 14.7 Å². The van der Waals surface area contributed by atoms with Crippen LogP contribution in [0.3, 0.4) is 0 Å². The molecular weight excluding hydrogens is 372 g/mol. The van der Waals surface area contributed by atoms with Crippen LogP contribution >= 0.6 is 0 Å². The number of fused-ring (bicyclic) bond motifs is 5. The number of phenolic OH excluding ortho intramolecular Hbond substituents is 1. The molecule has 0 aliphatic heterocycles. The first kappa shape index (κ1) is 20.7. The molecule has 1 aliphatic rings. The first-order valence-electron chi connectivity index (χ1n) is 9.74. The number of aromatic hydroxyl groups is 1. The van der Waals surface area contributed by atoms with Crippen molar-refractivity contribution in [3.8, 4) is 34.1 Å². The van der Waals surface area contributed by atoms with Gasteiger partial charge in [-0.3, -0.25) is 9.59 Å². The highest BCUT2D eigenvalue weighted by atomic mass is 16.6. The number of aryl methyl sites for hydroxylation is 2. The molecule has 0 aromatic heterocycles. The molecule has 6 nitrogen and oxygen atoms in total. The Balaban J connectivity index is 2.27. The number of phenols is 1. The van der Waals surface area contributed by atoms with Crippen molar-refractivity contribution in [3.05, 3.63) is 35.4 Å². The Labute approximate surface area is 170 Å². The fourth-order valence-corrected chi connectivity index (χ4v) is 3.71. The molecule has 0 saturated heterocycles. The zero-order valence-electron chi connectivity index (χ0n) is 17.0. The summed E-state index contributed by atoms with van der Waals surface area (Å²) >= 11 is 0. The number of Topliss-reactive ketones (excluding diaryl/α,β-unsaturated/α-hetero) is 1. The standard InChI is InChI=1S/C23H26O6/c1-14(24)29-21-16-6-4-5-7-17(25)10-8-15-9-11-20(26)18(12-15)19(13-16)22(27-2)23(21)28-3/h9,11-13,26H,4-8,10H2,1-3H3. The second-order valence-electron chi connectivity index (χ2n) is 7.17. The van der Waals surface area contributed by atoms with Crippen molar-refractivity contribution in [1.29, 1.82) is 0 Å². The Morgan fingerprint density at radius 2 is 1.62 bits per heavy atom. The van der Waals surface area contributed by atoms with Crippen molar-refractivity contribution in [2.75, 3.05) is 14.2 Å². The Morgan fingerprint density at radius 3 is 2.31 bits per heavy atom. The molecule has 3 rings (SSSR count). The maximum Gasteiger partial charge on any atom is 0.308 e. The van der Waals surface area contributed by atoms with Gasteiger partial charge >= 0.3 is 5.97 Å². The quantitative estimate of drug-likeness (QED) is 0.615. The molecule has 154 valence electrons. The van der Waals surface area contributed by atoms with Crippen LogP contribution in [0.15, 0.2) is 24.3 Å². The molecule has 1 aliphatic carbocycles. The number of esters is 1. The minimum atomic E-state index is -0.461. The van der Waals surface area contributed by atoms with Crippen LogP contribution in [0.4, 0.5) is 0 Å². The smallest absolute Gasteiger partial charge is 0.308 e. The number of carbonyl (C=O) groups is 2. The first-order chi connectivity index (χ1) is 13.9. The summed E-state index contributed by atoms with van der Waals surface area (Å²) in [5, 5.41) is 10.5. The van der Waals surface area contributed by atoms with E-state index < -0.39 is 5.97 Å². The predicted octanol–water partition coefficient (Wildman–Crippen LogP) is 4.23. The molecule has 0 saturated carbocycles. The molecule has 6 heteroatoms. The number of benzene rings is 2. The zero-order valence-corrected chi connectivity index (χ0v) is 17.0. The van der Waals surface area contributed by atoms with E-state index in [1.54, 1.807) is 6.07 Å². The van der Waals surface area contributed by atoms with E-state index in [1.807, 2.05) is 18.2 Å². The molecule has 0 atom stereocenters. The number of rotatable bonds is 3. The van der Waals surface area contributed by atoms with Gasteiger partial charge in [0, 0.05) is 30.9 Å². The van der Waals surface area contributed by atoms with Crippen molar-refractivity contribution in [2.24, 2.45) is 0 Å². The van der Waals surface area contributed by atoms with E-state index in [1.165, 1.54) is 21.1 Å². The van der Waals surface area contributed by atoms with Crippen LogP contribution in [0.1, 0.15) is 43.7 Å². The van der Waals surface area contributed by atoms with Gasteiger partial charge in [-0.25, -0.2) is 0 Å². The summed E-state index contributed by atoms with van der Waals surface area (Å²) in [6.45, 7) is 1.33. The Morgan fingerprint density at radius 1 is 0.897 bits per heavy atom. The van der Waals surface area contributed by atoms with Gasteiger partial charge in [-0.1, -0.05) is 6.07 Å². The number of hydrogen-bond acceptors (Lipinski definition) is 6. The molecule has 0 unspecified atom stereocenters. The minimum Gasteiger partial charge on any atom is -0.507 e. The average Bonchev–Trinajstić information content (AvgIpc) is 2.70. The topological polar surface area (TPSA) is 82.1 Å². The second-order valence-corrected chi connectivity index (χ2v) is 7.17. The lowest BCUT2D eigenvalue weighted by Gasteiger charge is -2.20. The van der Waals surface area contributed by atoms with E-state index in [0.29, 0.717) is 54.1 Å². The maximum absolute atomic E-state index is 12.2. The summed E-state index contributed by atoms with van der Waals surface area (Å²) < 4.78 is 16.6. The average molecular weight is 398 g/mol. The van der Waals surface area contributed by atoms with Gasteiger partial charge in [0.05, 0.1) is 14.2 Å². The van der Waals surface area contributed by atoms with E-state index in [4.69, 9.17) is 14.2 Å². The number of carbonyl (C=O) groups excluding carboxylic acids is 2. The predicted molar refractivity (Wildman–Crippen MR) is 109 cm³/mol. The first-order valence-corrected chi connectivity index (χ1v) is 9.74. The van der Waals surface area contributed by atoms with Crippen LogP contribution in [-0.4, -0.2) is 31.1 Å². The summed E-state index contributed by atoms with van der Waals surface area (Å²) in [5.74, 6) is 0.869. The molecular formula is C23H26O6. The Kier molecular flexibility index (Phi) is 6.42. The van der Waals surface area contributed by atoms with Crippen molar-refractivity contribution in [2.45, 2.75) is 45.4 Å². The molecule has 4 bridgehead atoms. The lowest BCUT2D eigenvalue weighted by atomic mass is 9.95. The number of methoxy groups -OCH3 is 2. The van der Waals surface area contributed by atoms with Crippen LogP contribution in [0.25, 0.3) is 11.1 Å². The Bertz CT molecular complexity index is 931. The number of ether oxygens (including phenoxy) is 3. The van der Waals surface area contributed by atoms with Crippen molar-refractivity contribution in [1.82, 2.24) is 0 Å². The molecule has 0 radical (unpaired) electrons. The number of ketones is 1. The van der Waals surface area contributed by atoms with E-state index in [2.05, 4.69) is 0 Å². The van der Waals surface area contributed by atoms with Crippen LogP contribution in [0.5, 0.6) is 23.0 Å². The molecule has 29 heavy (non-hydrogen) atoms. The number of hydrogen-bond donors (Lipinski definition) is 1. The van der Waals surface area contributed by atoms with Gasteiger partial charge in [0.15, 0.2) is 11.5 Å². The highest BCUT2D eigenvalue weighted by Gasteiger charge is 2.25. The molecule has 0 amide bonds.